The van der Waals surface area contributed by atoms with Crippen LogP contribution in [0.1, 0.15) is 6.42 Å². The lowest BCUT2D eigenvalue weighted by Crippen LogP contribution is -2.43. The molecule has 1 aromatic carbocycles. The third-order valence-corrected chi connectivity index (χ3v) is 3.33. The molecule has 0 radical (unpaired) electrons. The lowest BCUT2D eigenvalue weighted by atomic mass is 10.2. The lowest BCUT2D eigenvalue weighted by Gasteiger charge is -2.14. The number of carboxylic acids is 1. The highest BCUT2D eigenvalue weighted by Gasteiger charge is 2.19. The quantitative estimate of drug-likeness (QED) is 0.753. The summed E-state index contributed by atoms with van der Waals surface area (Å²) in [6, 6.07) is 2.03. The third-order valence-electron chi connectivity index (χ3n) is 2.39. The Hall–Kier alpha value is -1.47. The molecule has 0 saturated heterocycles. The van der Waals surface area contributed by atoms with Crippen molar-refractivity contribution in [3.63, 3.8) is 0 Å². The Morgan fingerprint density at radius 3 is 2.75 bits per heavy atom. The molecule has 1 atom stereocenters. The molecular formula is C12H14ClFN2O3S. The number of hydrogen-bond acceptors (Lipinski definition) is 3. The van der Waals surface area contributed by atoms with Crippen LogP contribution in [0.25, 0.3) is 0 Å². The summed E-state index contributed by atoms with van der Waals surface area (Å²) < 4.78 is 13.0. The maximum Gasteiger partial charge on any atom is 0.326 e. The Kier molecular flexibility index (Phi) is 6.60. The number of carbonyl (C=O) groups excluding carboxylic acids is 1. The summed E-state index contributed by atoms with van der Waals surface area (Å²) in [5, 5.41) is 13.6. The molecule has 0 heterocycles. The van der Waals surface area contributed by atoms with Crippen LogP contribution in [0.4, 0.5) is 14.9 Å². The van der Waals surface area contributed by atoms with Crippen molar-refractivity contribution < 1.29 is 19.1 Å². The van der Waals surface area contributed by atoms with Crippen molar-refractivity contribution in [2.45, 2.75) is 12.5 Å². The fraction of sp³-hybridized carbons (Fsp3) is 0.333. The minimum atomic E-state index is -1.11. The van der Waals surface area contributed by atoms with E-state index in [9.17, 15) is 14.0 Å². The van der Waals surface area contributed by atoms with E-state index in [-0.39, 0.29) is 10.7 Å². The Bertz CT molecular complexity index is 502. The molecule has 1 aromatic rings. The van der Waals surface area contributed by atoms with Crippen molar-refractivity contribution in [3.8, 4) is 0 Å². The van der Waals surface area contributed by atoms with Crippen molar-refractivity contribution in [2.24, 2.45) is 0 Å². The topological polar surface area (TPSA) is 78.4 Å². The van der Waals surface area contributed by atoms with Gasteiger partial charge in [-0.05, 0) is 36.6 Å². The first-order valence-electron chi connectivity index (χ1n) is 5.68. The van der Waals surface area contributed by atoms with Gasteiger partial charge in [0.15, 0.2) is 0 Å². The SMILES string of the molecule is CSCC[C@@H](NC(=O)Nc1ccc(F)c(Cl)c1)C(=O)O. The highest BCUT2D eigenvalue weighted by Crippen LogP contribution is 2.19. The molecule has 0 aliphatic carbocycles. The number of carboxylic acid groups (broad SMARTS) is 1. The molecular weight excluding hydrogens is 307 g/mol. The van der Waals surface area contributed by atoms with Crippen molar-refractivity contribution in [1.29, 1.82) is 0 Å². The predicted molar refractivity (Wildman–Crippen MR) is 78.0 cm³/mol. The van der Waals surface area contributed by atoms with Crippen LogP contribution in [0.3, 0.4) is 0 Å². The first-order valence-corrected chi connectivity index (χ1v) is 7.45. The number of halogens is 2. The highest BCUT2D eigenvalue weighted by atomic mass is 35.5. The molecule has 1 rings (SSSR count). The van der Waals surface area contributed by atoms with Gasteiger partial charge in [-0.2, -0.15) is 11.8 Å². The second kappa shape index (κ2) is 7.96. The van der Waals surface area contributed by atoms with E-state index in [1.54, 1.807) is 0 Å². The first-order chi connectivity index (χ1) is 9.43. The van der Waals surface area contributed by atoms with Gasteiger partial charge in [0.25, 0.3) is 0 Å². The summed E-state index contributed by atoms with van der Waals surface area (Å²) in [5.74, 6) is -1.09. The number of urea groups is 1. The van der Waals surface area contributed by atoms with Gasteiger partial charge in [-0.1, -0.05) is 11.6 Å². The molecule has 0 aliphatic heterocycles. The van der Waals surface area contributed by atoms with Crippen molar-refractivity contribution in [3.05, 3.63) is 29.0 Å². The normalized spacial score (nSPS) is 11.8. The minimum absolute atomic E-state index is 0.125. The number of rotatable bonds is 6. The molecule has 0 aliphatic rings. The number of thioether (sulfide) groups is 1. The number of anilines is 1. The molecule has 0 spiro atoms. The molecule has 2 amide bonds. The summed E-state index contributed by atoms with van der Waals surface area (Å²) in [4.78, 5) is 22.6. The van der Waals surface area contributed by atoms with Crippen LogP contribution in [0.2, 0.25) is 5.02 Å². The van der Waals surface area contributed by atoms with E-state index in [1.807, 2.05) is 6.26 Å². The molecule has 8 heteroatoms. The summed E-state index contributed by atoms with van der Waals surface area (Å²) in [6.07, 6.45) is 2.16. The van der Waals surface area contributed by atoms with E-state index in [0.29, 0.717) is 12.2 Å². The van der Waals surface area contributed by atoms with E-state index >= 15 is 0 Å². The zero-order valence-corrected chi connectivity index (χ0v) is 12.2. The summed E-state index contributed by atoms with van der Waals surface area (Å²) in [5.41, 5.74) is 0.280. The van der Waals surface area contributed by atoms with E-state index in [0.717, 1.165) is 6.07 Å². The number of nitrogens with one attached hydrogen (secondary N) is 2. The van der Waals surface area contributed by atoms with Crippen LogP contribution >= 0.6 is 23.4 Å². The molecule has 0 aromatic heterocycles. The first kappa shape index (κ1) is 16.6. The molecule has 3 N–H and O–H groups in total. The Labute approximate surface area is 124 Å². The Balaban J connectivity index is 2.60. The second-order valence-corrected chi connectivity index (χ2v) is 5.29. The number of carbonyl (C=O) groups is 2. The molecule has 0 unspecified atom stereocenters. The Morgan fingerprint density at radius 1 is 1.50 bits per heavy atom. The summed E-state index contributed by atoms with van der Waals surface area (Å²) >= 11 is 7.07. The van der Waals surface area contributed by atoms with E-state index in [1.165, 1.54) is 23.9 Å². The van der Waals surface area contributed by atoms with Crippen LogP contribution in [-0.2, 0) is 4.79 Å². The molecule has 0 saturated carbocycles. The molecule has 110 valence electrons. The standard InChI is InChI=1S/C12H14ClFN2O3S/c1-20-5-4-10(11(17)18)16-12(19)15-7-2-3-9(14)8(13)6-7/h2-3,6,10H,4-5H2,1H3,(H,17,18)(H2,15,16,19)/t10-/m1/s1. The van der Waals surface area contributed by atoms with Gasteiger partial charge in [0.1, 0.15) is 11.9 Å². The molecule has 20 heavy (non-hydrogen) atoms. The van der Waals surface area contributed by atoms with Gasteiger partial charge in [-0.3, -0.25) is 0 Å². The number of amides is 2. The van der Waals surface area contributed by atoms with Gasteiger partial charge in [0.05, 0.1) is 5.02 Å². The number of benzene rings is 1. The smallest absolute Gasteiger partial charge is 0.326 e. The van der Waals surface area contributed by atoms with E-state index < -0.39 is 23.9 Å². The largest absolute Gasteiger partial charge is 0.480 e. The van der Waals surface area contributed by atoms with Gasteiger partial charge in [0, 0.05) is 5.69 Å². The third kappa shape index (κ3) is 5.26. The van der Waals surface area contributed by atoms with E-state index in [4.69, 9.17) is 16.7 Å². The zero-order valence-electron chi connectivity index (χ0n) is 10.7. The maximum atomic E-state index is 13.0. The van der Waals surface area contributed by atoms with Crippen molar-refractivity contribution in [2.75, 3.05) is 17.3 Å². The van der Waals surface area contributed by atoms with Crippen LogP contribution in [-0.4, -0.2) is 35.2 Å². The van der Waals surface area contributed by atoms with Crippen molar-refractivity contribution in [1.82, 2.24) is 5.32 Å². The number of hydrogen-bond donors (Lipinski definition) is 3. The predicted octanol–water partition coefficient (Wildman–Crippen LogP) is 2.81. The zero-order chi connectivity index (χ0) is 15.1. The van der Waals surface area contributed by atoms with Crippen LogP contribution in [0.5, 0.6) is 0 Å². The van der Waals surface area contributed by atoms with Gasteiger partial charge in [-0.25, -0.2) is 14.0 Å². The van der Waals surface area contributed by atoms with Crippen LogP contribution in [0.15, 0.2) is 18.2 Å². The lowest BCUT2D eigenvalue weighted by molar-refractivity contribution is -0.139. The van der Waals surface area contributed by atoms with Crippen molar-refractivity contribution >= 4 is 41.1 Å². The van der Waals surface area contributed by atoms with Gasteiger partial charge < -0.3 is 15.7 Å². The fourth-order valence-corrected chi connectivity index (χ4v) is 2.04. The minimum Gasteiger partial charge on any atom is -0.480 e. The highest BCUT2D eigenvalue weighted by molar-refractivity contribution is 7.98. The van der Waals surface area contributed by atoms with Gasteiger partial charge >= 0.3 is 12.0 Å². The average molecular weight is 321 g/mol. The van der Waals surface area contributed by atoms with Crippen LogP contribution < -0.4 is 10.6 Å². The molecule has 0 fully saturated rings. The summed E-state index contributed by atoms with van der Waals surface area (Å²) in [6.45, 7) is 0. The fourth-order valence-electron chi connectivity index (χ4n) is 1.39. The van der Waals surface area contributed by atoms with Gasteiger partial charge in [0.2, 0.25) is 0 Å². The number of aliphatic carboxylic acids is 1. The molecule has 5 nitrogen and oxygen atoms in total. The summed E-state index contributed by atoms with van der Waals surface area (Å²) in [7, 11) is 0. The van der Waals surface area contributed by atoms with Gasteiger partial charge in [-0.15, -0.1) is 0 Å². The monoisotopic (exact) mass is 320 g/mol. The molecule has 0 bridgehead atoms. The van der Waals surface area contributed by atoms with Crippen LogP contribution in [0, 0.1) is 5.82 Å². The average Bonchev–Trinajstić information content (AvgIpc) is 2.38. The maximum absolute atomic E-state index is 13.0. The Morgan fingerprint density at radius 2 is 2.20 bits per heavy atom. The van der Waals surface area contributed by atoms with E-state index in [2.05, 4.69) is 10.6 Å². The second-order valence-electron chi connectivity index (χ2n) is 3.90.